The molecule has 0 aliphatic rings. The highest BCUT2D eigenvalue weighted by Gasteiger charge is 1.81. The van der Waals surface area contributed by atoms with Crippen LogP contribution in [0.25, 0.3) is 0 Å². The van der Waals surface area contributed by atoms with Crippen LogP contribution >= 0.6 is 0 Å². The molecule has 0 aromatic heterocycles. The number of hydrogen-bond donors (Lipinski definition) is 2. The lowest BCUT2D eigenvalue weighted by molar-refractivity contribution is -0.0979. The summed E-state index contributed by atoms with van der Waals surface area (Å²) in [4.78, 5) is 17.8. The molecule has 0 fully saturated rings. The molecule has 4 heteroatoms. The van der Waals surface area contributed by atoms with Crippen LogP contribution in [0.4, 0.5) is 4.79 Å². The Bertz CT molecular complexity index is 93.0. The van der Waals surface area contributed by atoms with Gasteiger partial charge in [0.2, 0.25) is 0 Å². The van der Waals surface area contributed by atoms with E-state index in [2.05, 4.69) is 17.6 Å². The van der Waals surface area contributed by atoms with Crippen LogP contribution in [-0.2, 0) is 4.79 Å². The van der Waals surface area contributed by atoms with E-state index in [1.165, 1.54) is 0 Å². The molecular formula is C5H10N2O2. The van der Waals surface area contributed by atoms with Gasteiger partial charge in [-0.25, -0.2) is 4.79 Å². The van der Waals surface area contributed by atoms with Crippen LogP contribution in [0.2, 0.25) is 0 Å². The lowest BCUT2D eigenvalue weighted by Gasteiger charge is -1.90. The highest BCUT2D eigenvalue weighted by molar-refractivity contribution is 5.71. The van der Waals surface area contributed by atoms with E-state index in [0.29, 0.717) is 6.54 Å². The number of primary amides is 1. The van der Waals surface area contributed by atoms with Gasteiger partial charge in [0.25, 0.3) is 0 Å². The van der Waals surface area contributed by atoms with Gasteiger partial charge in [0.15, 0.2) is 0 Å². The van der Waals surface area contributed by atoms with E-state index >= 15 is 0 Å². The molecule has 0 aliphatic heterocycles. The lowest BCUT2D eigenvalue weighted by atomic mass is 10.6. The zero-order valence-electron chi connectivity index (χ0n) is 5.09. The van der Waals surface area contributed by atoms with E-state index in [9.17, 15) is 4.79 Å². The highest BCUT2D eigenvalue weighted by atomic mass is 16.2. The topological polar surface area (TPSA) is 72.2 Å². The van der Waals surface area contributed by atoms with Crippen LogP contribution in [0.3, 0.4) is 0 Å². The van der Waals surface area contributed by atoms with Gasteiger partial charge < -0.3 is 15.8 Å². The maximum atomic E-state index is 9.82. The molecule has 0 spiro atoms. The Labute approximate surface area is 53.7 Å². The van der Waals surface area contributed by atoms with Crippen molar-refractivity contribution >= 4 is 12.8 Å². The Kier molecular flexibility index (Phi) is 11.6. The summed E-state index contributed by atoms with van der Waals surface area (Å²) in [6, 6.07) is -0.514. The summed E-state index contributed by atoms with van der Waals surface area (Å²) < 4.78 is 0. The first-order chi connectivity index (χ1) is 4.27. The van der Waals surface area contributed by atoms with E-state index < -0.39 is 6.03 Å². The van der Waals surface area contributed by atoms with E-state index in [1.54, 1.807) is 6.08 Å². The first-order valence-corrected chi connectivity index (χ1v) is 2.20. The van der Waals surface area contributed by atoms with Crippen LogP contribution in [0, 0.1) is 0 Å². The highest BCUT2D eigenvalue weighted by Crippen LogP contribution is 1.56. The predicted octanol–water partition coefficient (Wildman–Crippen LogP) is -0.344. The summed E-state index contributed by atoms with van der Waals surface area (Å²) in [7, 11) is 0. The quantitative estimate of drug-likeness (QED) is 0.502. The molecular weight excluding hydrogens is 120 g/mol. The molecule has 0 radical (unpaired) electrons. The van der Waals surface area contributed by atoms with Gasteiger partial charge in [-0.2, -0.15) is 0 Å². The molecule has 0 saturated heterocycles. The van der Waals surface area contributed by atoms with Crippen LogP contribution in [0.5, 0.6) is 0 Å². The zero-order valence-corrected chi connectivity index (χ0v) is 5.09. The molecule has 0 saturated carbocycles. The fraction of sp³-hybridized carbons (Fsp3) is 0.200. The SMILES string of the molecule is C=CCNC(N)=O.C=O. The Morgan fingerprint density at radius 2 is 2.11 bits per heavy atom. The number of carbonyl (C=O) groups is 2. The van der Waals surface area contributed by atoms with Crippen molar-refractivity contribution in [2.24, 2.45) is 5.73 Å². The summed E-state index contributed by atoms with van der Waals surface area (Å²) in [6.07, 6.45) is 1.56. The summed E-state index contributed by atoms with van der Waals surface area (Å²) in [5.41, 5.74) is 4.68. The minimum Gasteiger partial charge on any atom is -0.352 e. The fourth-order valence-corrected chi connectivity index (χ4v) is 0.173. The lowest BCUT2D eigenvalue weighted by Crippen LogP contribution is -2.28. The summed E-state index contributed by atoms with van der Waals surface area (Å²) in [5.74, 6) is 0. The molecule has 0 heterocycles. The number of carbonyl (C=O) groups excluding carboxylic acids is 2. The summed E-state index contributed by atoms with van der Waals surface area (Å²) in [5, 5.41) is 2.32. The third-order valence-electron chi connectivity index (χ3n) is 0.421. The molecule has 0 rings (SSSR count). The second-order valence-electron chi connectivity index (χ2n) is 1.03. The number of nitrogens with one attached hydrogen (secondary N) is 1. The van der Waals surface area contributed by atoms with Crippen molar-refractivity contribution in [3.05, 3.63) is 12.7 Å². The van der Waals surface area contributed by atoms with Gasteiger partial charge in [-0.3, -0.25) is 0 Å². The van der Waals surface area contributed by atoms with Gasteiger partial charge in [0, 0.05) is 6.54 Å². The van der Waals surface area contributed by atoms with Gasteiger partial charge in [-0.1, -0.05) is 6.08 Å². The second-order valence-corrected chi connectivity index (χ2v) is 1.03. The smallest absolute Gasteiger partial charge is 0.312 e. The number of nitrogens with two attached hydrogens (primary N) is 1. The van der Waals surface area contributed by atoms with Gasteiger partial charge in [0.1, 0.15) is 6.79 Å². The maximum Gasteiger partial charge on any atom is 0.312 e. The van der Waals surface area contributed by atoms with Crippen LogP contribution in [0.1, 0.15) is 0 Å². The molecule has 3 N–H and O–H groups in total. The predicted molar refractivity (Wildman–Crippen MR) is 34.9 cm³/mol. The second kappa shape index (κ2) is 9.84. The van der Waals surface area contributed by atoms with Crippen molar-refractivity contribution in [2.45, 2.75) is 0 Å². The van der Waals surface area contributed by atoms with Crippen molar-refractivity contribution in [3.63, 3.8) is 0 Å². The normalized spacial score (nSPS) is 6.22. The van der Waals surface area contributed by atoms with Crippen LogP contribution < -0.4 is 11.1 Å². The van der Waals surface area contributed by atoms with Gasteiger partial charge >= 0.3 is 6.03 Å². The minimum atomic E-state index is -0.514. The van der Waals surface area contributed by atoms with Crippen molar-refractivity contribution in [1.82, 2.24) is 5.32 Å². The molecule has 0 aliphatic carbocycles. The third kappa shape index (κ3) is 20.4. The number of amides is 2. The zero-order chi connectivity index (χ0) is 7.70. The van der Waals surface area contributed by atoms with Crippen LogP contribution in [-0.4, -0.2) is 19.4 Å². The van der Waals surface area contributed by atoms with Crippen LogP contribution in [0.15, 0.2) is 12.7 Å². The van der Waals surface area contributed by atoms with Crippen molar-refractivity contribution < 1.29 is 9.59 Å². The van der Waals surface area contributed by atoms with Crippen molar-refractivity contribution in [3.8, 4) is 0 Å². The minimum absolute atomic E-state index is 0.440. The number of rotatable bonds is 2. The van der Waals surface area contributed by atoms with Gasteiger partial charge in [0.05, 0.1) is 0 Å². The molecule has 52 valence electrons. The largest absolute Gasteiger partial charge is 0.352 e. The maximum absolute atomic E-state index is 9.82. The number of urea groups is 1. The molecule has 0 atom stereocenters. The first-order valence-electron chi connectivity index (χ1n) is 2.20. The van der Waals surface area contributed by atoms with E-state index in [0.717, 1.165) is 0 Å². The molecule has 0 aromatic carbocycles. The molecule has 4 nitrogen and oxygen atoms in total. The Morgan fingerprint density at radius 3 is 2.22 bits per heavy atom. The van der Waals surface area contributed by atoms with Gasteiger partial charge in [-0.15, -0.1) is 6.58 Å². The van der Waals surface area contributed by atoms with Gasteiger partial charge in [-0.05, 0) is 0 Å². The van der Waals surface area contributed by atoms with E-state index in [4.69, 9.17) is 4.79 Å². The fourth-order valence-electron chi connectivity index (χ4n) is 0.173. The Balaban J connectivity index is 0. The monoisotopic (exact) mass is 130 g/mol. The molecule has 2 amide bonds. The van der Waals surface area contributed by atoms with E-state index in [1.807, 2.05) is 6.79 Å². The molecule has 0 unspecified atom stereocenters. The number of hydrogen-bond acceptors (Lipinski definition) is 2. The van der Waals surface area contributed by atoms with Crippen molar-refractivity contribution in [2.75, 3.05) is 6.54 Å². The third-order valence-corrected chi connectivity index (χ3v) is 0.421. The first kappa shape index (κ1) is 10.6. The Morgan fingerprint density at radius 1 is 1.67 bits per heavy atom. The van der Waals surface area contributed by atoms with E-state index in [-0.39, 0.29) is 0 Å². The van der Waals surface area contributed by atoms with Crippen molar-refractivity contribution in [1.29, 1.82) is 0 Å². The average molecular weight is 130 g/mol. The molecule has 0 aromatic rings. The molecule has 9 heavy (non-hydrogen) atoms. The molecule has 0 bridgehead atoms. The summed E-state index contributed by atoms with van der Waals surface area (Å²) >= 11 is 0. The standard InChI is InChI=1S/C4H8N2O.CH2O/c1-2-3-6-4(5)7;1-2/h2H,1,3H2,(H3,5,6,7);1H2. The average Bonchev–Trinajstić information content (AvgIpc) is 1.88. The Hall–Kier alpha value is -1.32. The summed E-state index contributed by atoms with van der Waals surface area (Å²) in [6.45, 7) is 5.80.